The Morgan fingerprint density at radius 3 is 1.00 bits per heavy atom. The molecule has 0 amide bonds. The monoisotopic (exact) mass is 506 g/mol. The Labute approximate surface area is 92.2 Å². The van der Waals surface area contributed by atoms with Crippen LogP contribution in [0.2, 0.25) is 0 Å². The molecule has 0 bridgehead atoms. The largest absolute Gasteiger partial charge is 0 e. The smallest absolute Gasteiger partial charge is 0 e. The van der Waals surface area contributed by atoms with Crippen LogP contribution >= 0.6 is 0 Å². The summed E-state index contributed by atoms with van der Waals surface area (Å²) in [6, 6.07) is 0. The predicted molar refractivity (Wildman–Crippen MR) is 17.3 cm³/mol. The van der Waals surface area contributed by atoms with Gasteiger partial charge < -0.3 is 0 Å². The van der Waals surface area contributed by atoms with Crippen LogP contribution in [-0.2, 0) is 17.1 Å². The van der Waals surface area contributed by atoms with Crippen molar-refractivity contribution in [1.29, 1.82) is 0 Å². The average Bonchev–Trinajstić information content (AvgIpc) is 0. The van der Waals surface area contributed by atoms with E-state index in [9.17, 15) is 0 Å². The zero-order valence-corrected chi connectivity index (χ0v) is 12.9. The second-order valence-corrected chi connectivity index (χ2v) is 0. The molecule has 0 nitrogen and oxygen atoms in total. The number of hydrogen-bond acceptors (Lipinski definition) is 0. The first-order valence-corrected chi connectivity index (χ1v) is 0. The molecule has 4 heavy (non-hydrogen) atoms. The second-order valence-electron chi connectivity index (χ2n) is 0. The molecule has 12 radical (unpaired) electrons. The number of rotatable bonds is 0. The summed E-state index contributed by atoms with van der Waals surface area (Å²) < 4.78 is 0. The molecule has 0 aliphatic heterocycles. The van der Waals surface area contributed by atoms with E-state index >= 15 is 0 Å². The van der Waals surface area contributed by atoms with Gasteiger partial charge in [0, 0.05) is 94.1 Å². The van der Waals surface area contributed by atoms with Crippen molar-refractivity contribution in [3.05, 3.63) is 0 Å². The van der Waals surface area contributed by atoms with Crippen molar-refractivity contribution in [2.24, 2.45) is 0 Å². The summed E-state index contributed by atoms with van der Waals surface area (Å²) in [6.45, 7) is 0. The summed E-state index contributed by atoms with van der Waals surface area (Å²) in [6.07, 6.45) is 0. The summed E-state index contributed by atoms with van der Waals surface area (Å²) >= 11 is 0. The van der Waals surface area contributed by atoms with Gasteiger partial charge in [-0.3, -0.25) is 0 Å². The Morgan fingerprint density at radius 1 is 1.00 bits per heavy atom. The minimum absolute atomic E-state index is 0. The first-order valence-electron chi connectivity index (χ1n) is 0. The Kier molecular flexibility index (Phi) is 113. The van der Waals surface area contributed by atoms with E-state index in [1.807, 2.05) is 0 Å². The van der Waals surface area contributed by atoms with Crippen LogP contribution in [0.5, 0.6) is 0 Å². The van der Waals surface area contributed by atoms with Gasteiger partial charge >= 0.3 is 0 Å². The molecule has 0 saturated heterocycles. The molecule has 0 aromatic carbocycles. The molecule has 22 valence electrons. The maximum absolute atomic E-state index is 0. The average molecular weight is 504 g/mol. The Bertz CT molecular complexity index is 8.00. The van der Waals surface area contributed by atoms with Crippen molar-refractivity contribution in [2.75, 3.05) is 0 Å². The maximum Gasteiger partial charge on any atom is 0 e. The molecule has 0 aromatic heterocycles. The first-order chi connectivity index (χ1) is 0. The molecular weight excluding hydrogens is 504 g/mol. The Morgan fingerprint density at radius 2 is 1.00 bits per heavy atom. The third kappa shape index (κ3) is 8.92. The SMILES string of the molecule is [Cu].[In].[Pb].[Sn]. The van der Waals surface area contributed by atoms with Gasteiger partial charge in [0.1, 0.15) is 0 Å². The Balaban J connectivity index is 0. The predicted octanol–water partition coefficient (Wildman–Crippen LogP) is -1.14. The van der Waals surface area contributed by atoms with Crippen LogP contribution in [0.3, 0.4) is 0 Å². The Hall–Kier alpha value is 3.11. The van der Waals surface area contributed by atoms with Crippen molar-refractivity contribution >= 4 is 77.0 Å². The summed E-state index contributed by atoms with van der Waals surface area (Å²) in [7, 11) is 0. The van der Waals surface area contributed by atoms with E-state index in [4.69, 9.17) is 0 Å². The van der Waals surface area contributed by atoms with Crippen molar-refractivity contribution in [3.8, 4) is 0 Å². The molecule has 0 aromatic rings. The normalized spacial score (nSPS) is 0. The van der Waals surface area contributed by atoms with Crippen LogP contribution in [0.15, 0.2) is 0 Å². The van der Waals surface area contributed by atoms with Crippen LogP contribution in [0.25, 0.3) is 0 Å². The van der Waals surface area contributed by atoms with E-state index < -0.39 is 0 Å². The van der Waals surface area contributed by atoms with Crippen molar-refractivity contribution in [2.45, 2.75) is 0 Å². The topological polar surface area (TPSA) is 0 Å². The molecular formula is CuInPbSn. The van der Waals surface area contributed by atoms with E-state index in [0.29, 0.717) is 0 Å². The summed E-state index contributed by atoms with van der Waals surface area (Å²) in [4.78, 5) is 0. The second kappa shape index (κ2) is 16.5. The van der Waals surface area contributed by atoms with Gasteiger partial charge in [0.15, 0.2) is 0 Å². The third-order valence-corrected chi connectivity index (χ3v) is 0. The summed E-state index contributed by atoms with van der Waals surface area (Å²) in [5.74, 6) is 0. The van der Waals surface area contributed by atoms with E-state index in [0.717, 1.165) is 0 Å². The third-order valence-electron chi connectivity index (χ3n) is 0. The van der Waals surface area contributed by atoms with Gasteiger partial charge in [0.25, 0.3) is 0 Å². The summed E-state index contributed by atoms with van der Waals surface area (Å²) in [5.41, 5.74) is 0. The quantitative estimate of drug-likeness (QED) is 0.366. The van der Waals surface area contributed by atoms with E-state index in [2.05, 4.69) is 0 Å². The van der Waals surface area contributed by atoms with Gasteiger partial charge in [-0.25, -0.2) is 0 Å². The van der Waals surface area contributed by atoms with Crippen molar-refractivity contribution in [1.82, 2.24) is 0 Å². The molecule has 0 atom stereocenters. The fourth-order valence-corrected chi connectivity index (χ4v) is 0. The standard InChI is InChI=1S/Cu.In.Pb.Sn. The van der Waals surface area contributed by atoms with Gasteiger partial charge in [-0.2, -0.15) is 0 Å². The molecule has 0 aliphatic rings. The van der Waals surface area contributed by atoms with Gasteiger partial charge in [-0.1, -0.05) is 0 Å². The fraction of sp³-hybridized carbons (Fsp3) is 0. The van der Waals surface area contributed by atoms with Crippen LogP contribution in [0.1, 0.15) is 0 Å². The molecule has 0 aliphatic carbocycles. The van der Waals surface area contributed by atoms with Crippen molar-refractivity contribution in [3.63, 3.8) is 0 Å². The zero-order valence-electron chi connectivity index (χ0n) is 1.88. The van der Waals surface area contributed by atoms with E-state index in [1.165, 1.54) is 0 Å². The summed E-state index contributed by atoms with van der Waals surface area (Å²) in [5, 5.41) is 0. The molecule has 0 N–H and O–H groups in total. The van der Waals surface area contributed by atoms with Crippen LogP contribution in [0, 0.1) is 0 Å². The van der Waals surface area contributed by atoms with E-state index in [-0.39, 0.29) is 94.1 Å². The first kappa shape index (κ1) is 27.4. The zero-order chi connectivity index (χ0) is 0. The van der Waals surface area contributed by atoms with Gasteiger partial charge in [-0.05, 0) is 0 Å². The molecule has 0 fully saturated rings. The van der Waals surface area contributed by atoms with Crippen LogP contribution in [0.4, 0.5) is 0 Å². The molecule has 0 saturated carbocycles. The van der Waals surface area contributed by atoms with Crippen LogP contribution in [-0.4, -0.2) is 77.0 Å². The molecule has 4 heteroatoms. The van der Waals surface area contributed by atoms with Crippen molar-refractivity contribution < 1.29 is 17.1 Å². The van der Waals surface area contributed by atoms with Gasteiger partial charge in [0.05, 0.1) is 0 Å². The maximum atomic E-state index is 0. The van der Waals surface area contributed by atoms with Gasteiger partial charge in [0.2, 0.25) is 0 Å². The minimum Gasteiger partial charge on any atom is 0 e. The molecule has 0 spiro atoms. The fourth-order valence-electron chi connectivity index (χ4n) is 0. The molecule has 0 heterocycles. The minimum atomic E-state index is 0. The van der Waals surface area contributed by atoms with Gasteiger partial charge in [-0.15, -0.1) is 0 Å². The molecule has 0 unspecified atom stereocenters. The van der Waals surface area contributed by atoms with E-state index in [1.54, 1.807) is 0 Å². The number of hydrogen-bond donors (Lipinski definition) is 0. The van der Waals surface area contributed by atoms with Crippen LogP contribution < -0.4 is 0 Å². The molecule has 0 rings (SSSR count).